The molecule has 0 saturated heterocycles. The minimum Gasteiger partial charge on any atom is -0.483 e. The molecule has 3 aromatic carbocycles. The highest BCUT2D eigenvalue weighted by atomic mass is 16.5. The van der Waals surface area contributed by atoms with Crippen LogP contribution in [0.1, 0.15) is 5.56 Å². The van der Waals surface area contributed by atoms with E-state index in [0.717, 1.165) is 16.8 Å². The zero-order valence-corrected chi connectivity index (χ0v) is 15.8. The Bertz CT molecular complexity index is 1110. The number of hydrogen-bond acceptors (Lipinski definition) is 5. The van der Waals surface area contributed by atoms with Crippen LogP contribution in [-0.2, 0) is 4.79 Å². The molecule has 1 N–H and O–H groups in total. The molecule has 0 aliphatic rings. The van der Waals surface area contributed by atoms with Gasteiger partial charge in [-0.05, 0) is 31.2 Å². The predicted molar refractivity (Wildman–Crippen MR) is 110 cm³/mol. The molecule has 0 aliphatic carbocycles. The number of carbonyl (C=O) groups is 1. The number of nitrogens with one attached hydrogen (secondary N) is 1. The molecule has 1 heterocycles. The Kier molecular flexibility index (Phi) is 5.33. The van der Waals surface area contributed by atoms with E-state index in [4.69, 9.17) is 9.26 Å². The first-order valence-corrected chi connectivity index (χ1v) is 9.17. The van der Waals surface area contributed by atoms with Crippen LogP contribution in [0.4, 0.5) is 5.69 Å². The van der Waals surface area contributed by atoms with Crippen LogP contribution in [0.3, 0.4) is 0 Å². The van der Waals surface area contributed by atoms with Crippen LogP contribution < -0.4 is 10.1 Å². The van der Waals surface area contributed by atoms with Gasteiger partial charge in [-0.3, -0.25) is 4.79 Å². The van der Waals surface area contributed by atoms with Crippen molar-refractivity contribution in [3.8, 4) is 28.6 Å². The minimum absolute atomic E-state index is 0.134. The number of anilines is 1. The Morgan fingerprint density at radius 3 is 2.48 bits per heavy atom. The van der Waals surface area contributed by atoms with Gasteiger partial charge in [-0.25, -0.2) is 0 Å². The quantitative estimate of drug-likeness (QED) is 0.519. The third-order valence-corrected chi connectivity index (χ3v) is 4.27. The molecule has 0 aliphatic heterocycles. The molecular weight excluding hydrogens is 366 g/mol. The van der Waals surface area contributed by atoms with Gasteiger partial charge in [0.15, 0.2) is 6.61 Å². The van der Waals surface area contributed by atoms with Crippen LogP contribution in [0, 0.1) is 6.92 Å². The van der Waals surface area contributed by atoms with Crippen molar-refractivity contribution >= 4 is 11.6 Å². The van der Waals surface area contributed by atoms with Crippen molar-refractivity contribution in [1.82, 2.24) is 10.1 Å². The highest BCUT2D eigenvalue weighted by Crippen LogP contribution is 2.30. The number of aryl methyl sites for hydroxylation is 1. The molecule has 0 unspecified atom stereocenters. The summed E-state index contributed by atoms with van der Waals surface area (Å²) in [5.74, 6) is 1.07. The van der Waals surface area contributed by atoms with Crippen molar-refractivity contribution in [1.29, 1.82) is 0 Å². The maximum Gasteiger partial charge on any atom is 0.262 e. The molecule has 0 spiro atoms. The normalized spacial score (nSPS) is 10.5. The van der Waals surface area contributed by atoms with E-state index in [1.165, 1.54) is 0 Å². The first kappa shape index (κ1) is 18.4. The summed E-state index contributed by atoms with van der Waals surface area (Å²) >= 11 is 0. The zero-order chi connectivity index (χ0) is 20.1. The fraction of sp³-hybridized carbons (Fsp3) is 0.0870. The van der Waals surface area contributed by atoms with Crippen molar-refractivity contribution in [2.75, 3.05) is 11.9 Å². The van der Waals surface area contributed by atoms with Gasteiger partial charge < -0.3 is 14.6 Å². The Labute approximate surface area is 168 Å². The van der Waals surface area contributed by atoms with E-state index in [-0.39, 0.29) is 12.5 Å². The van der Waals surface area contributed by atoms with Crippen LogP contribution in [-0.4, -0.2) is 22.7 Å². The zero-order valence-electron chi connectivity index (χ0n) is 15.8. The van der Waals surface area contributed by atoms with Gasteiger partial charge in [0.1, 0.15) is 5.75 Å². The molecule has 4 rings (SSSR count). The smallest absolute Gasteiger partial charge is 0.262 e. The fourth-order valence-corrected chi connectivity index (χ4v) is 2.78. The van der Waals surface area contributed by atoms with Gasteiger partial charge in [-0.1, -0.05) is 65.3 Å². The predicted octanol–water partition coefficient (Wildman–Crippen LogP) is 4.73. The molecule has 144 valence electrons. The lowest BCUT2D eigenvalue weighted by molar-refractivity contribution is -0.118. The molecule has 0 radical (unpaired) electrons. The van der Waals surface area contributed by atoms with Crippen molar-refractivity contribution in [3.05, 3.63) is 84.4 Å². The van der Waals surface area contributed by atoms with Crippen LogP contribution in [0.5, 0.6) is 5.75 Å². The molecule has 6 heteroatoms. The summed E-state index contributed by atoms with van der Waals surface area (Å²) in [7, 11) is 0. The maximum absolute atomic E-state index is 12.2. The Balaban J connectivity index is 1.47. The lowest BCUT2D eigenvalue weighted by atomic mass is 10.2. The number of carbonyl (C=O) groups excluding carboxylic acids is 1. The second kappa shape index (κ2) is 8.39. The summed E-state index contributed by atoms with van der Waals surface area (Å²) in [6, 6.07) is 24.4. The first-order chi connectivity index (χ1) is 14.2. The van der Waals surface area contributed by atoms with E-state index in [0.29, 0.717) is 23.0 Å². The van der Waals surface area contributed by atoms with Gasteiger partial charge in [-0.15, -0.1) is 0 Å². The maximum atomic E-state index is 12.2. The number of hydrogen-bond donors (Lipinski definition) is 1. The minimum atomic E-state index is -0.251. The van der Waals surface area contributed by atoms with Crippen molar-refractivity contribution in [3.63, 3.8) is 0 Å². The molecule has 0 bridgehead atoms. The Morgan fingerprint density at radius 2 is 1.69 bits per heavy atom. The van der Waals surface area contributed by atoms with Crippen molar-refractivity contribution in [2.24, 2.45) is 0 Å². The lowest BCUT2D eigenvalue weighted by Gasteiger charge is -2.10. The number of amides is 1. The SMILES string of the molecule is Cc1ccc(NC(=O)COc2ccccc2-c2nc(-c3ccccc3)no2)cc1. The lowest BCUT2D eigenvalue weighted by Crippen LogP contribution is -2.20. The molecule has 1 aromatic heterocycles. The molecule has 0 atom stereocenters. The van der Waals surface area contributed by atoms with Gasteiger partial charge in [0, 0.05) is 11.3 Å². The Hall–Kier alpha value is -3.93. The standard InChI is InChI=1S/C23H19N3O3/c1-16-11-13-18(14-12-16)24-21(27)15-28-20-10-6-5-9-19(20)23-25-22(26-29-23)17-7-3-2-4-8-17/h2-14H,15H2,1H3,(H,24,27). The van der Waals surface area contributed by atoms with Gasteiger partial charge >= 0.3 is 0 Å². The van der Waals surface area contributed by atoms with E-state index in [9.17, 15) is 4.79 Å². The molecule has 0 saturated carbocycles. The second-order valence-electron chi connectivity index (χ2n) is 6.49. The molecule has 6 nitrogen and oxygen atoms in total. The monoisotopic (exact) mass is 385 g/mol. The molecule has 4 aromatic rings. The second-order valence-corrected chi connectivity index (χ2v) is 6.49. The van der Waals surface area contributed by atoms with Gasteiger partial charge in [0.2, 0.25) is 5.82 Å². The Morgan fingerprint density at radius 1 is 0.966 bits per heavy atom. The van der Waals surface area contributed by atoms with Gasteiger partial charge in [0.25, 0.3) is 11.8 Å². The van der Waals surface area contributed by atoms with E-state index >= 15 is 0 Å². The van der Waals surface area contributed by atoms with E-state index < -0.39 is 0 Å². The largest absolute Gasteiger partial charge is 0.483 e. The fourth-order valence-electron chi connectivity index (χ4n) is 2.78. The van der Waals surface area contributed by atoms with Crippen molar-refractivity contribution < 1.29 is 14.1 Å². The van der Waals surface area contributed by atoms with Crippen LogP contribution in [0.15, 0.2) is 83.4 Å². The third kappa shape index (κ3) is 4.50. The van der Waals surface area contributed by atoms with E-state index in [2.05, 4.69) is 15.5 Å². The summed E-state index contributed by atoms with van der Waals surface area (Å²) in [4.78, 5) is 16.7. The molecular formula is C23H19N3O3. The summed E-state index contributed by atoms with van der Waals surface area (Å²) < 4.78 is 11.1. The van der Waals surface area contributed by atoms with Crippen LogP contribution >= 0.6 is 0 Å². The third-order valence-electron chi connectivity index (χ3n) is 4.27. The number of benzene rings is 3. The highest BCUT2D eigenvalue weighted by Gasteiger charge is 2.15. The average Bonchev–Trinajstić information content (AvgIpc) is 3.25. The van der Waals surface area contributed by atoms with Gasteiger partial charge in [0.05, 0.1) is 5.56 Å². The summed E-state index contributed by atoms with van der Waals surface area (Å²) in [5, 5.41) is 6.85. The van der Waals surface area contributed by atoms with Crippen LogP contribution in [0.2, 0.25) is 0 Å². The first-order valence-electron chi connectivity index (χ1n) is 9.17. The van der Waals surface area contributed by atoms with Crippen molar-refractivity contribution in [2.45, 2.75) is 6.92 Å². The number of ether oxygens (including phenoxy) is 1. The van der Waals surface area contributed by atoms with E-state index in [1.807, 2.05) is 79.7 Å². The van der Waals surface area contributed by atoms with Gasteiger partial charge in [-0.2, -0.15) is 4.98 Å². The summed E-state index contributed by atoms with van der Waals surface area (Å²) in [5.41, 5.74) is 3.34. The summed E-state index contributed by atoms with van der Waals surface area (Å²) in [6.07, 6.45) is 0. The number of aromatic nitrogens is 2. The van der Waals surface area contributed by atoms with E-state index in [1.54, 1.807) is 6.07 Å². The average molecular weight is 385 g/mol. The molecule has 0 fully saturated rings. The number of para-hydroxylation sites is 1. The number of nitrogens with zero attached hydrogens (tertiary/aromatic N) is 2. The molecule has 1 amide bonds. The molecule has 29 heavy (non-hydrogen) atoms. The number of rotatable bonds is 6. The topological polar surface area (TPSA) is 77.2 Å². The van der Waals surface area contributed by atoms with Crippen LogP contribution in [0.25, 0.3) is 22.8 Å². The highest BCUT2D eigenvalue weighted by molar-refractivity contribution is 5.92. The summed E-state index contributed by atoms with van der Waals surface area (Å²) in [6.45, 7) is 1.86.